The van der Waals surface area contributed by atoms with Crippen molar-refractivity contribution in [3.05, 3.63) is 57.0 Å². The number of hydrogen-bond donors (Lipinski definition) is 2. The summed E-state index contributed by atoms with van der Waals surface area (Å²) in [6, 6.07) is 11.0. The molecule has 0 heterocycles. The van der Waals surface area contributed by atoms with Gasteiger partial charge in [-0.05, 0) is 29.8 Å². The molecule has 4 nitrogen and oxygen atoms in total. The Morgan fingerprint density at radius 1 is 1.13 bits per heavy atom. The molecule has 7 heteroatoms. The van der Waals surface area contributed by atoms with E-state index in [0.717, 1.165) is 11.3 Å². The number of hydrazone groups is 1. The molecule has 0 aromatic heterocycles. The van der Waals surface area contributed by atoms with Gasteiger partial charge in [0.25, 0.3) is 0 Å². The smallest absolute Gasteiger partial charge is 0.0935 e. The van der Waals surface area contributed by atoms with Crippen LogP contribution in [-0.4, -0.2) is 31.5 Å². The van der Waals surface area contributed by atoms with E-state index in [4.69, 9.17) is 39.9 Å². The maximum atomic E-state index is 8.94. The molecule has 0 bridgehead atoms. The third-order valence-corrected chi connectivity index (χ3v) is 3.98. The minimum absolute atomic E-state index is 0.117. The van der Waals surface area contributed by atoms with E-state index >= 15 is 0 Å². The molecule has 0 radical (unpaired) electrons. The Labute approximate surface area is 150 Å². The van der Waals surface area contributed by atoms with Gasteiger partial charge in [0.05, 0.1) is 28.6 Å². The van der Waals surface area contributed by atoms with Crippen LogP contribution in [-0.2, 0) is 0 Å². The summed E-state index contributed by atoms with van der Waals surface area (Å²) < 4.78 is 0. The molecule has 23 heavy (non-hydrogen) atoms. The third kappa shape index (κ3) is 5.01. The highest BCUT2D eigenvalue weighted by Gasteiger charge is 2.06. The van der Waals surface area contributed by atoms with Crippen molar-refractivity contribution < 1.29 is 5.11 Å². The number of aliphatic hydroxyl groups excluding tert-OH is 1. The van der Waals surface area contributed by atoms with Crippen LogP contribution in [0.2, 0.25) is 15.1 Å². The molecule has 2 N–H and O–H groups in total. The zero-order valence-electron chi connectivity index (χ0n) is 12.4. The first-order chi connectivity index (χ1) is 11.0. The van der Waals surface area contributed by atoms with E-state index in [1.807, 2.05) is 36.2 Å². The quantitative estimate of drug-likeness (QED) is 0.579. The Bertz CT molecular complexity index is 666. The third-order valence-electron chi connectivity index (χ3n) is 3.17. The molecule has 2 aromatic carbocycles. The lowest BCUT2D eigenvalue weighted by Gasteiger charge is -2.17. The molecule has 2 rings (SSSR count). The molecule has 122 valence electrons. The number of likely N-dealkylation sites (N-methyl/N-ethyl adjacent to an activating group) is 1. The normalized spacial score (nSPS) is 11.0. The van der Waals surface area contributed by atoms with E-state index in [2.05, 4.69) is 10.5 Å². The lowest BCUT2D eigenvalue weighted by Crippen LogP contribution is -2.20. The number of anilines is 2. The SMILES string of the molecule is CN(CCO)c1ccc(C=NNc2c(Cl)cc(Cl)cc2Cl)cc1. The van der Waals surface area contributed by atoms with Crippen LogP contribution in [0, 0.1) is 0 Å². The van der Waals surface area contributed by atoms with Crippen LogP contribution < -0.4 is 10.3 Å². The first-order valence-corrected chi connectivity index (χ1v) is 8.00. The van der Waals surface area contributed by atoms with E-state index in [1.54, 1.807) is 18.3 Å². The molecular weight excluding hydrogens is 357 g/mol. The van der Waals surface area contributed by atoms with E-state index in [-0.39, 0.29) is 6.61 Å². The van der Waals surface area contributed by atoms with Gasteiger partial charge in [0.1, 0.15) is 0 Å². The summed E-state index contributed by atoms with van der Waals surface area (Å²) in [5.41, 5.74) is 5.26. The summed E-state index contributed by atoms with van der Waals surface area (Å²) in [5, 5.41) is 14.3. The van der Waals surface area contributed by atoms with Gasteiger partial charge in [0, 0.05) is 24.3 Å². The van der Waals surface area contributed by atoms with E-state index in [9.17, 15) is 0 Å². The molecule has 0 aliphatic rings. The monoisotopic (exact) mass is 371 g/mol. The van der Waals surface area contributed by atoms with Gasteiger partial charge in [0.2, 0.25) is 0 Å². The van der Waals surface area contributed by atoms with Crippen LogP contribution in [0.3, 0.4) is 0 Å². The fourth-order valence-electron chi connectivity index (χ4n) is 1.91. The van der Waals surface area contributed by atoms with Gasteiger partial charge >= 0.3 is 0 Å². The van der Waals surface area contributed by atoms with Crippen molar-refractivity contribution in [3.63, 3.8) is 0 Å². The molecule has 0 aliphatic heterocycles. The lowest BCUT2D eigenvalue weighted by atomic mass is 10.2. The van der Waals surface area contributed by atoms with Gasteiger partial charge in [-0.2, -0.15) is 5.10 Å². The van der Waals surface area contributed by atoms with Crippen LogP contribution in [0.1, 0.15) is 5.56 Å². The van der Waals surface area contributed by atoms with Crippen molar-refractivity contribution in [1.29, 1.82) is 0 Å². The molecule has 0 amide bonds. The summed E-state index contributed by atoms with van der Waals surface area (Å²) in [6.07, 6.45) is 1.66. The lowest BCUT2D eigenvalue weighted by molar-refractivity contribution is 0.304. The van der Waals surface area contributed by atoms with Gasteiger partial charge in [-0.15, -0.1) is 0 Å². The minimum Gasteiger partial charge on any atom is -0.395 e. The minimum atomic E-state index is 0.117. The Hall–Kier alpha value is -1.46. The van der Waals surface area contributed by atoms with Crippen molar-refractivity contribution in [1.82, 2.24) is 0 Å². The second-order valence-corrected chi connectivity index (χ2v) is 6.10. The average molecular weight is 373 g/mol. The average Bonchev–Trinajstić information content (AvgIpc) is 2.50. The van der Waals surface area contributed by atoms with E-state index in [0.29, 0.717) is 27.3 Å². The molecule has 0 aliphatic carbocycles. The Kier molecular flexibility index (Phi) is 6.54. The second kappa shape index (κ2) is 8.41. The summed E-state index contributed by atoms with van der Waals surface area (Å²) in [5.74, 6) is 0. The maximum Gasteiger partial charge on any atom is 0.0935 e. The van der Waals surface area contributed by atoms with Crippen LogP contribution in [0.25, 0.3) is 0 Å². The summed E-state index contributed by atoms with van der Waals surface area (Å²) in [4.78, 5) is 1.96. The van der Waals surface area contributed by atoms with Crippen LogP contribution >= 0.6 is 34.8 Å². The van der Waals surface area contributed by atoms with Crippen molar-refractivity contribution in [3.8, 4) is 0 Å². The zero-order chi connectivity index (χ0) is 16.8. The molecule has 0 fully saturated rings. The largest absolute Gasteiger partial charge is 0.395 e. The van der Waals surface area contributed by atoms with Crippen LogP contribution in [0.15, 0.2) is 41.5 Å². The fourth-order valence-corrected chi connectivity index (χ4v) is 2.82. The first kappa shape index (κ1) is 17.9. The Balaban J connectivity index is 2.04. The second-order valence-electron chi connectivity index (χ2n) is 4.85. The molecule has 0 saturated carbocycles. The van der Waals surface area contributed by atoms with Crippen molar-refractivity contribution in [2.24, 2.45) is 5.10 Å². The molecular formula is C16H16Cl3N3O. The van der Waals surface area contributed by atoms with Gasteiger partial charge in [-0.3, -0.25) is 5.43 Å². The number of rotatable bonds is 6. The standard InChI is InChI=1S/C16H16Cl3N3O/c1-22(6-7-23)13-4-2-11(3-5-13)10-20-21-16-14(18)8-12(17)9-15(16)19/h2-5,8-10,21,23H,6-7H2,1H3. The molecule has 2 aromatic rings. The summed E-state index contributed by atoms with van der Waals surface area (Å²) in [6.45, 7) is 0.703. The summed E-state index contributed by atoms with van der Waals surface area (Å²) >= 11 is 18.0. The highest BCUT2D eigenvalue weighted by molar-refractivity contribution is 6.41. The number of aliphatic hydroxyl groups is 1. The van der Waals surface area contributed by atoms with Gasteiger partial charge in [-0.25, -0.2) is 0 Å². The van der Waals surface area contributed by atoms with Gasteiger partial charge in [-0.1, -0.05) is 46.9 Å². The van der Waals surface area contributed by atoms with Crippen LogP contribution in [0.4, 0.5) is 11.4 Å². The van der Waals surface area contributed by atoms with Crippen molar-refractivity contribution >= 4 is 52.4 Å². The molecule has 0 saturated heterocycles. The predicted octanol–water partition coefficient (Wildman–Crippen LogP) is 4.52. The van der Waals surface area contributed by atoms with Crippen molar-refractivity contribution in [2.45, 2.75) is 0 Å². The predicted molar refractivity (Wildman–Crippen MR) is 99.5 cm³/mol. The highest BCUT2D eigenvalue weighted by atomic mass is 35.5. The number of nitrogens with one attached hydrogen (secondary N) is 1. The topological polar surface area (TPSA) is 47.9 Å². The Morgan fingerprint density at radius 3 is 2.30 bits per heavy atom. The maximum absolute atomic E-state index is 8.94. The fraction of sp³-hybridized carbons (Fsp3) is 0.188. The van der Waals surface area contributed by atoms with Gasteiger partial charge in [0.15, 0.2) is 0 Å². The summed E-state index contributed by atoms with van der Waals surface area (Å²) in [7, 11) is 1.92. The highest BCUT2D eigenvalue weighted by Crippen LogP contribution is 2.33. The number of hydrogen-bond acceptors (Lipinski definition) is 4. The number of benzene rings is 2. The molecule has 0 atom stereocenters. The van der Waals surface area contributed by atoms with E-state index < -0.39 is 0 Å². The van der Waals surface area contributed by atoms with Crippen molar-refractivity contribution in [2.75, 3.05) is 30.5 Å². The number of halogens is 3. The first-order valence-electron chi connectivity index (χ1n) is 6.87. The molecule has 0 unspecified atom stereocenters. The number of nitrogens with zero attached hydrogens (tertiary/aromatic N) is 2. The Morgan fingerprint density at radius 2 is 1.74 bits per heavy atom. The van der Waals surface area contributed by atoms with Crippen LogP contribution in [0.5, 0.6) is 0 Å². The molecule has 0 spiro atoms. The van der Waals surface area contributed by atoms with E-state index in [1.165, 1.54) is 0 Å². The van der Waals surface area contributed by atoms with Gasteiger partial charge < -0.3 is 10.0 Å². The zero-order valence-corrected chi connectivity index (χ0v) is 14.7.